The molecule has 1 atom stereocenters. The molecule has 1 amide bonds. The molecule has 13 heteroatoms. The lowest BCUT2D eigenvalue weighted by atomic mass is 10.1. The van der Waals surface area contributed by atoms with Crippen molar-refractivity contribution in [2.75, 3.05) is 25.6 Å². The number of anilines is 2. The summed E-state index contributed by atoms with van der Waals surface area (Å²) in [7, 11) is 1.47. The number of halogens is 2. The average molecular weight is 539 g/mol. The Labute approximate surface area is 215 Å². The number of aliphatic carboxylic acids is 1. The van der Waals surface area contributed by atoms with Gasteiger partial charge in [-0.05, 0) is 25.0 Å². The van der Waals surface area contributed by atoms with Crippen LogP contribution in [0.15, 0.2) is 35.4 Å². The molecule has 1 aromatic carbocycles. The van der Waals surface area contributed by atoms with E-state index in [1.54, 1.807) is 12.1 Å². The number of fused-ring (bicyclic) bond motifs is 1. The zero-order chi connectivity index (χ0) is 26.2. The normalized spacial score (nSPS) is 11.7. The number of nitrogens with zero attached hydrogens (tertiary/aromatic N) is 1. The third-order valence-corrected chi connectivity index (χ3v) is 5.70. The number of hydrogen-bond donors (Lipinski definition) is 5. The molecule has 11 nitrogen and oxygen atoms in total. The van der Waals surface area contributed by atoms with E-state index < -0.39 is 30.1 Å². The van der Waals surface area contributed by atoms with Gasteiger partial charge in [-0.3, -0.25) is 14.6 Å². The van der Waals surface area contributed by atoms with Crippen molar-refractivity contribution in [1.29, 1.82) is 0 Å². The Hall–Kier alpha value is -3.54. The van der Waals surface area contributed by atoms with E-state index in [9.17, 15) is 14.4 Å². The number of aromatic nitrogens is 2. The summed E-state index contributed by atoms with van der Waals surface area (Å²) in [6, 6.07) is 3.45. The maximum absolute atomic E-state index is 12.5. The number of nitrogens with one attached hydrogen (secondary N) is 3. The monoisotopic (exact) mass is 538 g/mol. The maximum Gasteiger partial charge on any atom is 0.328 e. The molecule has 0 aliphatic carbocycles. The first-order valence-electron chi connectivity index (χ1n) is 10.8. The highest BCUT2D eigenvalue weighted by atomic mass is 35.5. The van der Waals surface area contributed by atoms with Gasteiger partial charge in [-0.25, -0.2) is 4.79 Å². The van der Waals surface area contributed by atoms with Crippen molar-refractivity contribution in [2.45, 2.75) is 25.3 Å². The lowest BCUT2D eigenvalue weighted by molar-refractivity contribution is -0.142. The van der Waals surface area contributed by atoms with Crippen molar-refractivity contribution in [2.24, 2.45) is 0 Å². The van der Waals surface area contributed by atoms with Crippen LogP contribution in [0.5, 0.6) is 11.5 Å². The number of carbonyl (C=O) groups excluding carboxylic acids is 1. The topological polar surface area (TPSA) is 163 Å². The summed E-state index contributed by atoms with van der Waals surface area (Å²) in [5.74, 6) is -1.11. The van der Waals surface area contributed by atoms with Gasteiger partial charge in [0, 0.05) is 30.3 Å². The third-order valence-electron chi connectivity index (χ3n) is 5.13. The maximum atomic E-state index is 12.5. The number of rotatable bonds is 12. The number of pyridine rings is 2. The van der Waals surface area contributed by atoms with E-state index in [-0.39, 0.29) is 23.1 Å². The van der Waals surface area contributed by atoms with Gasteiger partial charge < -0.3 is 35.3 Å². The number of unbranched alkanes of at least 4 members (excludes halogenated alkanes) is 1. The molecule has 0 aliphatic rings. The van der Waals surface area contributed by atoms with Crippen LogP contribution in [-0.4, -0.2) is 58.4 Å². The SMILES string of the molecule is COc1ccc2c(Nc3c(Cl)cncc3Cl)cc(=O)[nH]c2c1OCCCCC(=O)N[C@@H](CO)C(=O)O. The smallest absolute Gasteiger partial charge is 0.328 e. The van der Waals surface area contributed by atoms with Crippen LogP contribution in [0, 0.1) is 0 Å². The molecule has 5 N–H and O–H groups in total. The Balaban J connectivity index is 1.76. The first-order valence-corrected chi connectivity index (χ1v) is 11.6. The van der Waals surface area contributed by atoms with E-state index >= 15 is 0 Å². The number of amides is 1. The van der Waals surface area contributed by atoms with Crippen molar-refractivity contribution in [3.05, 3.63) is 51.0 Å². The fraction of sp³-hybridized carbons (Fsp3) is 0.304. The molecular formula is C23H24Cl2N4O7. The second-order valence-corrected chi connectivity index (χ2v) is 8.43. The fourth-order valence-electron chi connectivity index (χ4n) is 3.37. The number of methoxy groups -OCH3 is 1. The number of carbonyl (C=O) groups is 2. The van der Waals surface area contributed by atoms with E-state index in [0.29, 0.717) is 46.6 Å². The van der Waals surface area contributed by atoms with Gasteiger partial charge in [-0.1, -0.05) is 23.2 Å². The lowest BCUT2D eigenvalue weighted by Crippen LogP contribution is -2.43. The van der Waals surface area contributed by atoms with Gasteiger partial charge in [0.05, 0.1) is 47.3 Å². The number of benzene rings is 1. The van der Waals surface area contributed by atoms with Gasteiger partial charge >= 0.3 is 5.97 Å². The summed E-state index contributed by atoms with van der Waals surface area (Å²) in [6.45, 7) is -0.507. The second-order valence-electron chi connectivity index (χ2n) is 7.62. The molecule has 3 aromatic rings. The summed E-state index contributed by atoms with van der Waals surface area (Å²) in [4.78, 5) is 41.9. The zero-order valence-corrected chi connectivity index (χ0v) is 20.7. The Kier molecular flexibility index (Phi) is 9.34. The van der Waals surface area contributed by atoms with Gasteiger partial charge in [-0.2, -0.15) is 0 Å². The highest BCUT2D eigenvalue weighted by molar-refractivity contribution is 6.39. The summed E-state index contributed by atoms with van der Waals surface area (Å²) in [5.41, 5.74) is 0.807. The number of aliphatic hydroxyl groups excluding tert-OH is 1. The van der Waals surface area contributed by atoms with Crippen LogP contribution in [0.4, 0.5) is 11.4 Å². The number of aromatic amines is 1. The molecule has 0 aliphatic heterocycles. The molecule has 0 bridgehead atoms. The van der Waals surface area contributed by atoms with Crippen LogP contribution in [-0.2, 0) is 9.59 Å². The van der Waals surface area contributed by atoms with Crippen LogP contribution < -0.4 is 25.7 Å². The molecule has 0 saturated heterocycles. The minimum absolute atomic E-state index is 0.0537. The molecule has 0 fully saturated rings. The molecule has 3 rings (SSSR count). The molecule has 2 heterocycles. The van der Waals surface area contributed by atoms with E-state index in [1.807, 2.05) is 0 Å². The zero-order valence-electron chi connectivity index (χ0n) is 19.1. The minimum Gasteiger partial charge on any atom is -0.493 e. The standard InChI is InChI=1S/C23H24Cl2N4O7/c1-35-17-6-5-12-15(28-21-13(24)9-26-10-14(21)25)8-19(32)29-20(12)22(17)36-7-3-2-4-18(31)27-16(11-30)23(33)34/h5-6,8-10,16,30H,2-4,7,11H2,1H3,(H,27,31)(H,33,34)(H2,26,28,29,32)/t16-/m0/s1. The number of aliphatic hydroxyl groups is 1. The average Bonchev–Trinajstić information content (AvgIpc) is 2.84. The molecule has 0 radical (unpaired) electrons. The molecule has 0 saturated carbocycles. The van der Waals surface area contributed by atoms with Crippen molar-refractivity contribution in [3.8, 4) is 11.5 Å². The summed E-state index contributed by atoms with van der Waals surface area (Å²) in [6.07, 6.45) is 3.76. The first kappa shape index (κ1) is 27.1. The van der Waals surface area contributed by atoms with Gasteiger partial charge in [0.2, 0.25) is 5.91 Å². The summed E-state index contributed by atoms with van der Waals surface area (Å²) in [5, 5.41) is 24.4. The Bertz CT molecular complexity index is 1300. The molecule has 0 spiro atoms. The van der Waals surface area contributed by atoms with E-state index in [0.717, 1.165) is 0 Å². The van der Waals surface area contributed by atoms with E-state index in [4.69, 9.17) is 42.9 Å². The van der Waals surface area contributed by atoms with Crippen molar-refractivity contribution >= 4 is 57.4 Å². The predicted octanol–water partition coefficient (Wildman–Crippen LogP) is 3.09. The van der Waals surface area contributed by atoms with E-state index in [1.165, 1.54) is 25.6 Å². The van der Waals surface area contributed by atoms with Gasteiger partial charge in [0.1, 0.15) is 6.04 Å². The Morgan fingerprint density at radius 2 is 1.92 bits per heavy atom. The molecule has 36 heavy (non-hydrogen) atoms. The first-order chi connectivity index (χ1) is 17.2. The molecular weight excluding hydrogens is 515 g/mol. The Morgan fingerprint density at radius 3 is 2.56 bits per heavy atom. The minimum atomic E-state index is -1.34. The largest absolute Gasteiger partial charge is 0.493 e. The van der Waals surface area contributed by atoms with E-state index in [2.05, 4.69) is 20.6 Å². The highest BCUT2D eigenvalue weighted by Gasteiger charge is 2.19. The van der Waals surface area contributed by atoms with Crippen LogP contribution >= 0.6 is 23.2 Å². The van der Waals surface area contributed by atoms with Gasteiger partial charge in [0.25, 0.3) is 5.56 Å². The Morgan fingerprint density at radius 1 is 1.19 bits per heavy atom. The van der Waals surface area contributed by atoms with Crippen LogP contribution in [0.3, 0.4) is 0 Å². The third kappa shape index (κ3) is 6.56. The molecule has 192 valence electrons. The molecule has 2 aromatic heterocycles. The number of ether oxygens (including phenoxy) is 2. The van der Waals surface area contributed by atoms with Crippen LogP contribution in [0.2, 0.25) is 10.0 Å². The van der Waals surface area contributed by atoms with Crippen molar-refractivity contribution < 1.29 is 29.3 Å². The van der Waals surface area contributed by atoms with Crippen LogP contribution in [0.25, 0.3) is 10.9 Å². The van der Waals surface area contributed by atoms with Crippen molar-refractivity contribution in [1.82, 2.24) is 15.3 Å². The highest BCUT2D eigenvalue weighted by Crippen LogP contribution is 2.39. The lowest BCUT2D eigenvalue weighted by Gasteiger charge is -2.16. The number of hydrogen-bond acceptors (Lipinski definition) is 8. The summed E-state index contributed by atoms with van der Waals surface area (Å²) >= 11 is 12.4. The molecule has 0 unspecified atom stereocenters. The van der Waals surface area contributed by atoms with Crippen LogP contribution in [0.1, 0.15) is 19.3 Å². The van der Waals surface area contributed by atoms with Gasteiger partial charge in [0.15, 0.2) is 11.5 Å². The van der Waals surface area contributed by atoms with Gasteiger partial charge in [-0.15, -0.1) is 0 Å². The second kappa shape index (κ2) is 12.4. The predicted molar refractivity (Wildman–Crippen MR) is 135 cm³/mol. The quantitative estimate of drug-likeness (QED) is 0.218. The summed E-state index contributed by atoms with van der Waals surface area (Å²) < 4.78 is 11.3. The number of carboxylic acid groups (broad SMARTS) is 1. The number of carboxylic acids is 1. The fourth-order valence-corrected chi connectivity index (χ4v) is 3.83. The van der Waals surface area contributed by atoms with Crippen molar-refractivity contribution in [3.63, 3.8) is 0 Å². The number of H-pyrrole nitrogens is 1.